The summed E-state index contributed by atoms with van der Waals surface area (Å²) in [6.45, 7) is 0. The van der Waals surface area contributed by atoms with E-state index in [9.17, 15) is 9.59 Å². The maximum absolute atomic E-state index is 11.3. The van der Waals surface area contributed by atoms with Gasteiger partial charge in [-0.1, -0.05) is 0 Å². The van der Waals surface area contributed by atoms with E-state index in [2.05, 4.69) is 10.2 Å². The Morgan fingerprint density at radius 1 is 1.07 bits per heavy atom. The molecule has 0 atom stereocenters. The summed E-state index contributed by atoms with van der Waals surface area (Å²) < 4.78 is 0. The lowest BCUT2D eigenvalue weighted by atomic mass is 10.1. The van der Waals surface area contributed by atoms with Gasteiger partial charge in [-0.15, -0.1) is 0 Å². The number of nitrogens with one attached hydrogen (secondary N) is 2. The molecular weight excluding hydrogens is 182 g/mol. The third kappa shape index (κ3) is 1.10. The molecule has 2 rings (SSSR count). The van der Waals surface area contributed by atoms with Gasteiger partial charge in [0.15, 0.2) is 0 Å². The molecule has 1 aromatic carbocycles. The highest BCUT2D eigenvalue weighted by Crippen LogP contribution is 2.06. The minimum Gasteiger partial charge on any atom is -0.267 e. The third-order valence-corrected chi connectivity index (χ3v) is 1.93. The number of H-pyrrole nitrogens is 2. The first-order chi connectivity index (χ1) is 6.72. The van der Waals surface area contributed by atoms with Gasteiger partial charge < -0.3 is 0 Å². The fourth-order valence-electron chi connectivity index (χ4n) is 1.25. The van der Waals surface area contributed by atoms with Crippen LogP contribution in [0.4, 0.5) is 0 Å². The molecule has 0 fully saturated rings. The second-order valence-electron chi connectivity index (χ2n) is 2.78. The van der Waals surface area contributed by atoms with E-state index in [0.717, 1.165) is 0 Å². The van der Waals surface area contributed by atoms with Gasteiger partial charge in [0.2, 0.25) is 0 Å². The van der Waals surface area contributed by atoms with E-state index in [0.29, 0.717) is 5.56 Å². The Balaban J connectivity index is 3.04. The summed E-state index contributed by atoms with van der Waals surface area (Å²) in [5.41, 5.74) is -0.422. The van der Waals surface area contributed by atoms with Gasteiger partial charge in [-0.3, -0.25) is 19.8 Å². The van der Waals surface area contributed by atoms with Crippen molar-refractivity contribution in [1.29, 1.82) is 5.26 Å². The average Bonchev–Trinajstić information content (AvgIpc) is 2.23. The molecule has 0 unspecified atom stereocenters. The molecule has 68 valence electrons. The van der Waals surface area contributed by atoms with E-state index in [1.165, 1.54) is 18.2 Å². The number of fused-ring (bicyclic) bond motifs is 1. The van der Waals surface area contributed by atoms with Gasteiger partial charge in [0.05, 0.1) is 22.4 Å². The number of nitriles is 1. The number of nitrogens with zero attached hydrogens (tertiary/aromatic N) is 1. The van der Waals surface area contributed by atoms with E-state index < -0.39 is 5.56 Å². The first-order valence-electron chi connectivity index (χ1n) is 3.87. The van der Waals surface area contributed by atoms with Crippen molar-refractivity contribution in [3.63, 3.8) is 0 Å². The summed E-state index contributed by atoms with van der Waals surface area (Å²) in [6, 6.07) is 6.25. The molecule has 5 heteroatoms. The predicted molar refractivity (Wildman–Crippen MR) is 49.9 cm³/mol. The van der Waals surface area contributed by atoms with Gasteiger partial charge >= 0.3 is 0 Å². The smallest absolute Gasteiger partial charge is 0.267 e. The standard InChI is InChI=1S/C9H5N3O2/c10-4-5-1-2-6-7(3-5)9(14)12-11-8(6)13/h1-3H,(H,11,13)(H,12,14). The lowest BCUT2D eigenvalue weighted by Crippen LogP contribution is -2.18. The highest BCUT2D eigenvalue weighted by atomic mass is 16.1. The molecule has 14 heavy (non-hydrogen) atoms. The van der Waals surface area contributed by atoms with Crippen molar-refractivity contribution < 1.29 is 0 Å². The van der Waals surface area contributed by atoms with Crippen molar-refractivity contribution in [2.24, 2.45) is 0 Å². The van der Waals surface area contributed by atoms with E-state index in [-0.39, 0.29) is 16.3 Å². The van der Waals surface area contributed by atoms with Gasteiger partial charge in [0.25, 0.3) is 11.1 Å². The summed E-state index contributed by atoms with van der Waals surface area (Å²) in [5.74, 6) is 0. The Morgan fingerprint density at radius 2 is 1.71 bits per heavy atom. The Kier molecular flexibility index (Phi) is 1.68. The lowest BCUT2D eigenvalue weighted by Gasteiger charge is -1.94. The quantitative estimate of drug-likeness (QED) is 0.612. The molecule has 0 bridgehead atoms. The van der Waals surface area contributed by atoms with Crippen molar-refractivity contribution in [1.82, 2.24) is 10.2 Å². The molecule has 2 aromatic rings. The molecule has 0 saturated heterocycles. The molecule has 0 spiro atoms. The van der Waals surface area contributed by atoms with Crippen molar-refractivity contribution >= 4 is 10.8 Å². The molecule has 5 nitrogen and oxygen atoms in total. The fourth-order valence-corrected chi connectivity index (χ4v) is 1.25. The summed E-state index contributed by atoms with van der Waals surface area (Å²) in [4.78, 5) is 22.5. The first kappa shape index (κ1) is 8.26. The monoisotopic (exact) mass is 187 g/mol. The van der Waals surface area contributed by atoms with E-state index in [1.807, 2.05) is 6.07 Å². The van der Waals surface area contributed by atoms with Crippen molar-refractivity contribution in [2.75, 3.05) is 0 Å². The summed E-state index contributed by atoms with van der Waals surface area (Å²) in [5, 5.41) is 13.5. The van der Waals surface area contributed by atoms with Crippen molar-refractivity contribution in [2.45, 2.75) is 0 Å². The van der Waals surface area contributed by atoms with Crippen LogP contribution in [-0.2, 0) is 0 Å². The Labute approximate surface area is 77.6 Å². The summed E-state index contributed by atoms with van der Waals surface area (Å²) in [6.07, 6.45) is 0. The van der Waals surface area contributed by atoms with E-state index in [4.69, 9.17) is 5.26 Å². The van der Waals surface area contributed by atoms with Gasteiger partial charge in [0, 0.05) is 0 Å². The summed E-state index contributed by atoms with van der Waals surface area (Å²) in [7, 11) is 0. The van der Waals surface area contributed by atoms with Crippen LogP contribution in [0.25, 0.3) is 10.8 Å². The number of hydrogen-bond donors (Lipinski definition) is 2. The van der Waals surface area contributed by atoms with Crippen molar-refractivity contribution in [3.05, 3.63) is 44.5 Å². The Bertz CT molecular complexity index is 645. The molecule has 0 aliphatic carbocycles. The summed E-state index contributed by atoms with van der Waals surface area (Å²) >= 11 is 0. The number of aromatic amines is 2. The first-order valence-corrected chi connectivity index (χ1v) is 3.87. The Morgan fingerprint density at radius 3 is 2.36 bits per heavy atom. The molecule has 1 heterocycles. The van der Waals surface area contributed by atoms with Gasteiger partial charge in [-0.25, -0.2) is 0 Å². The maximum atomic E-state index is 11.3. The van der Waals surface area contributed by atoms with Crippen molar-refractivity contribution in [3.8, 4) is 6.07 Å². The number of aromatic nitrogens is 2. The van der Waals surface area contributed by atoms with Crippen LogP contribution in [0.3, 0.4) is 0 Å². The Hall–Kier alpha value is -2.35. The van der Waals surface area contributed by atoms with E-state index >= 15 is 0 Å². The maximum Gasteiger partial charge on any atom is 0.270 e. The third-order valence-electron chi connectivity index (χ3n) is 1.93. The van der Waals surface area contributed by atoms with Crippen LogP contribution < -0.4 is 11.1 Å². The molecule has 2 N–H and O–H groups in total. The minimum atomic E-state index is -0.406. The molecule has 0 saturated carbocycles. The normalized spacial score (nSPS) is 9.93. The molecule has 0 aliphatic heterocycles. The molecule has 0 amide bonds. The zero-order valence-electron chi connectivity index (χ0n) is 7.00. The van der Waals surface area contributed by atoms with Gasteiger partial charge in [-0.05, 0) is 18.2 Å². The lowest BCUT2D eigenvalue weighted by molar-refractivity contribution is 0.976. The SMILES string of the molecule is N#Cc1ccc2c(=O)[nH][nH]c(=O)c2c1. The molecule has 0 aliphatic rings. The zero-order chi connectivity index (χ0) is 10.1. The zero-order valence-corrected chi connectivity index (χ0v) is 7.00. The average molecular weight is 187 g/mol. The van der Waals surface area contributed by atoms with Gasteiger partial charge in [0.1, 0.15) is 0 Å². The van der Waals surface area contributed by atoms with E-state index in [1.54, 1.807) is 0 Å². The van der Waals surface area contributed by atoms with Crippen LogP contribution in [0.5, 0.6) is 0 Å². The number of rotatable bonds is 0. The minimum absolute atomic E-state index is 0.229. The van der Waals surface area contributed by atoms with Crippen LogP contribution >= 0.6 is 0 Å². The molecular formula is C9H5N3O2. The van der Waals surface area contributed by atoms with Gasteiger partial charge in [-0.2, -0.15) is 5.26 Å². The number of benzene rings is 1. The van der Waals surface area contributed by atoms with Crippen LogP contribution in [0, 0.1) is 11.3 Å². The van der Waals surface area contributed by atoms with Crippen LogP contribution in [0.15, 0.2) is 27.8 Å². The molecule has 0 radical (unpaired) electrons. The molecule has 1 aromatic heterocycles. The van der Waals surface area contributed by atoms with Crippen LogP contribution in [0.2, 0.25) is 0 Å². The fraction of sp³-hybridized carbons (Fsp3) is 0. The predicted octanol–water partition coefficient (Wildman–Crippen LogP) is 0.0881. The highest BCUT2D eigenvalue weighted by molar-refractivity contribution is 5.81. The number of hydrogen-bond acceptors (Lipinski definition) is 3. The second kappa shape index (κ2) is 2.85. The van der Waals surface area contributed by atoms with Crippen LogP contribution in [0.1, 0.15) is 5.56 Å². The topological polar surface area (TPSA) is 89.5 Å². The largest absolute Gasteiger partial charge is 0.270 e. The van der Waals surface area contributed by atoms with Crippen LogP contribution in [-0.4, -0.2) is 10.2 Å². The second-order valence-corrected chi connectivity index (χ2v) is 2.78. The highest BCUT2D eigenvalue weighted by Gasteiger charge is 2.02.